The maximum Gasteiger partial charge on any atom is 0.439 e. The molecule has 15 heavy (non-hydrogen) atoms. The van der Waals surface area contributed by atoms with Gasteiger partial charge in [-0.3, -0.25) is 9.68 Å². The summed E-state index contributed by atoms with van der Waals surface area (Å²) in [5.41, 5.74) is -0.521. The minimum atomic E-state index is -0.685. The third-order valence-electron chi connectivity index (χ3n) is 1.56. The van der Waals surface area contributed by atoms with Crippen molar-refractivity contribution in [3.63, 3.8) is 0 Å². The van der Waals surface area contributed by atoms with E-state index in [1.165, 1.54) is 0 Å². The molecule has 6 heteroatoms. The first-order valence-electron chi connectivity index (χ1n) is 4.68. The molecule has 1 aliphatic heterocycles. The van der Waals surface area contributed by atoms with Gasteiger partial charge in [0.15, 0.2) is 0 Å². The van der Waals surface area contributed by atoms with E-state index in [-0.39, 0.29) is 25.0 Å². The molecule has 0 unspecified atom stereocenters. The Hall–Kier alpha value is -1.30. The Kier molecular flexibility index (Phi) is 3.52. The van der Waals surface area contributed by atoms with Crippen LogP contribution in [0.25, 0.3) is 0 Å². The molecular weight excluding hydrogens is 202 g/mol. The second-order valence-electron chi connectivity index (χ2n) is 4.29. The normalized spacial score (nSPS) is 21.5. The molecule has 1 rings (SSSR count). The first-order valence-corrected chi connectivity index (χ1v) is 4.68. The molecule has 0 saturated carbocycles. The molecule has 0 aromatic rings. The predicted molar refractivity (Wildman–Crippen MR) is 49.8 cm³/mol. The lowest BCUT2D eigenvalue weighted by Gasteiger charge is -2.24. The molecule has 1 heterocycles. The summed E-state index contributed by atoms with van der Waals surface area (Å²) in [6, 6.07) is -0.388. The lowest BCUT2D eigenvalue weighted by atomic mass is 10.2. The number of hydrogen-bond donors (Lipinski definition) is 1. The van der Waals surface area contributed by atoms with E-state index in [2.05, 4.69) is 15.1 Å². The summed E-state index contributed by atoms with van der Waals surface area (Å²) < 4.78 is 5.09. The maximum atomic E-state index is 11.4. The quantitative estimate of drug-likeness (QED) is 0.546. The van der Waals surface area contributed by atoms with Crippen LogP contribution < -0.4 is 5.32 Å². The SMILES string of the molecule is CC(C)(C)OC(=O)C[C@H]1COOC(=O)N1. The standard InChI is InChI=1S/C9H15NO5/c1-9(2,3)14-7(11)4-6-5-13-15-8(12)10-6/h6H,4-5H2,1-3H3,(H,10,12)/t6-/m0/s1. The van der Waals surface area contributed by atoms with Crippen LogP contribution in [0.3, 0.4) is 0 Å². The van der Waals surface area contributed by atoms with Gasteiger partial charge in [0.05, 0.1) is 12.5 Å². The highest BCUT2D eigenvalue weighted by Gasteiger charge is 2.25. The minimum absolute atomic E-state index is 0.0758. The van der Waals surface area contributed by atoms with Crippen LogP contribution in [0.1, 0.15) is 27.2 Å². The van der Waals surface area contributed by atoms with Crippen molar-refractivity contribution in [2.75, 3.05) is 6.61 Å². The number of ether oxygens (including phenoxy) is 1. The number of nitrogens with one attached hydrogen (secondary N) is 1. The van der Waals surface area contributed by atoms with Crippen LogP contribution in [0.2, 0.25) is 0 Å². The van der Waals surface area contributed by atoms with Crippen molar-refractivity contribution in [2.24, 2.45) is 0 Å². The maximum absolute atomic E-state index is 11.4. The summed E-state index contributed by atoms with van der Waals surface area (Å²) >= 11 is 0. The van der Waals surface area contributed by atoms with Gasteiger partial charge < -0.3 is 10.1 Å². The first kappa shape index (κ1) is 11.8. The summed E-state index contributed by atoms with van der Waals surface area (Å²) in [5, 5.41) is 2.45. The van der Waals surface area contributed by atoms with E-state index in [1.807, 2.05) is 0 Å². The van der Waals surface area contributed by atoms with Gasteiger partial charge in [-0.05, 0) is 20.8 Å². The van der Waals surface area contributed by atoms with E-state index >= 15 is 0 Å². The van der Waals surface area contributed by atoms with E-state index in [9.17, 15) is 9.59 Å². The van der Waals surface area contributed by atoms with E-state index in [1.54, 1.807) is 20.8 Å². The third-order valence-corrected chi connectivity index (χ3v) is 1.56. The Bertz CT molecular complexity index is 258. The fourth-order valence-electron chi connectivity index (χ4n) is 1.10. The van der Waals surface area contributed by atoms with Gasteiger partial charge in [0.25, 0.3) is 0 Å². The largest absolute Gasteiger partial charge is 0.460 e. The highest BCUT2D eigenvalue weighted by molar-refractivity contribution is 5.73. The zero-order valence-corrected chi connectivity index (χ0v) is 9.03. The van der Waals surface area contributed by atoms with Crippen molar-refractivity contribution in [2.45, 2.75) is 38.8 Å². The van der Waals surface area contributed by atoms with E-state index < -0.39 is 11.7 Å². The highest BCUT2D eigenvalue weighted by atomic mass is 17.2. The van der Waals surface area contributed by atoms with Gasteiger partial charge in [0.2, 0.25) is 0 Å². The van der Waals surface area contributed by atoms with Crippen molar-refractivity contribution in [1.29, 1.82) is 0 Å². The van der Waals surface area contributed by atoms with Crippen molar-refractivity contribution in [1.82, 2.24) is 5.32 Å². The lowest BCUT2D eigenvalue weighted by molar-refractivity contribution is -0.258. The Balaban J connectivity index is 2.34. The summed E-state index contributed by atoms with van der Waals surface area (Å²) in [7, 11) is 0. The van der Waals surface area contributed by atoms with Crippen LogP contribution in [0.15, 0.2) is 0 Å². The van der Waals surface area contributed by atoms with Crippen LogP contribution in [0.5, 0.6) is 0 Å². The summed E-state index contributed by atoms with van der Waals surface area (Å²) in [6.07, 6.45) is -0.610. The summed E-state index contributed by atoms with van der Waals surface area (Å²) in [6.45, 7) is 5.49. The van der Waals surface area contributed by atoms with Gasteiger partial charge in [-0.25, -0.2) is 4.79 Å². The fourth-order valence-corrected chi connectivity index (χ4v) is 1.10. The minimum Gasteiger partial charge on any atom is -0.460 e. The number of carbonyl (C=O) groups excluding carboxylic acids is 2. The molecule has 0 aromatic carbocycles. The molecule has 6 nitrogen and oxygen atoms in total. The predicted octanol–water partition coefficient (Wildman–Crippen LogP) is 0.758. The number of amides is 1. The van der Waals surface area contributed by atoms with Crippen molar-refractivity contribution < 1.29 is 24.1 Å². The fraction of sp³-hybridized carbons (Fsp3) is 0.778. The Labute approximate surface area is 87.8 Å². The van der Waals surface area contributed by atoms with Gasteiger partial charge in [0.1, 0.15) is 12.2 Å². The zero-order valence-electron chi connectivity index (χ0n) is 9.03. The monoisotopic (exact) mass is 217 g/mol. The highest BCUT2D eigenvalue weighted by Crippen LogP contribution is 2.10. The first-order chi connectivity index (χ1) is 6.87. The molecule has 1 fully saturated rings. The van der Waals surface area contributed by atoms with Gasteiger partial charge >= 0.3 is 12.1 Å². The molecule has 0 radical (unpaired) electrons. The molecule has 86 valence electrons. The second-order valence-corrected chi connectivity index (χ2v) is 4.29. The molecule has 1 saturated heterocycles. The molecule has 1 aliphatic rings. The van der Waals surface area contributed by atoms with Crippen LogP contribution in [0.4, 0.5) is 4.79 Å². The topological polar surface area (TPSA) is 73.9 Å². The van der Waals surface area contributed by atoms with Gasteiger partial charge in [-0.1, -0.05) is 0 Å². The average molecular weight is 217 g/mol. The summed E-state index contributed by atoms with van der Waals surface area (Å²) in [4.78, 5) is 30.8. The van der Waals surface area contributed by atoms with E-state index in [0.29, 0.717) is 0 Å². The van der Waals surface area contributed by atoms with E-state index in [0.717, 1.165) is 0 Å². The molecule has 0 spiro atoms. The Morgan fingerprint density at radius 1 is 1.60 bits per heavy atom. The lowest BCUT2D eigenvalue weighted by Crippen LogP contribution is -2.45. The van der Waals surface area contributed by atoms with Crippen LogP contribution in [-0.2, 0) is 19.3 Å². The van der Waals surface area contributed by atoms with Crippen molar-refractivity contribution in [3.8, 4) is 0 Å². The molecule has 0 bridgehead atoms. The number of hydrogen-bond acceptors (Lipinski definition) is 5. The van der Waals surface area contributed by atoms with Crippen LogP contribution in [-0.4, -0.2) is 30.3 Å². The van der Waals surface area contributed by atoms with Gasteiger partial charge in [0, 0.05) is 0 Å². The number of carbonyl (C=O) groups is 2. The third kappa shape index (κ3) is 4.64. The molecule has 1 N–H and O–H groups in total. The molecule has 1 atom stereocenters. The molecule has 0 aromatic heterocycles. The van der Waals surface area contributed by atoms with E-state index in [4.69, 9.17) is 4.74 Å². The van der Waals surface area contributed by atoms with Gasteiger partial charge in [-0.2, -0.15) is 4.89 Å². The van der Waals surface area contributed by atoms with Crippen molar-refractivity contribution >= 4 is 12.1 Å². The Morgan fingerprint density at radius 2 is 2.27 bits per heavy atom. The van der Waals surface area contributed by atoms with Crippen molar-refractivity contribution in [3.05, 3.63) is 0 Å². The van der Waals surface area contributed by atoms with Crippen LogP contribution in [0, 0.1) is 0 Å². The van der Waals surface area contributed by atoms with Gasteiger partial charge in [-0.15, -0.1) is 0 Å². The average Bonchev–Trinajstić information content (AvgIpc) is 1.99. The Morgan fingerprint density at radius 3 is 2.80 bits per heavy atom. The smallest absolute Gasteiger partial charge is 0.439 e. The molecule has 0 aliphatic carbocycles. The second kappa shape index (κ2) is 4.48. The number of rotatable bonds is 2. The molecule has 1 amide bonds. The summed E-state index contributed by atoms with van der Waals surface area (Å²) in [5.74, 6) is -0.377. The zero-order chi connectivity index (χ0) is 11.5. The van der Waals surface area contributed by atoms with Crippen LogP contribution >= 0.6 is 0 Å². The number of esters is 1. The molecular formula is C9H15NO5.